The van der Waals surface area contributed by atoms with Crippen molar-refractivity contribution in [1.29, 1.82) is 5.26 Å². The highest BCUT2D eigenvalue weighted by Crippen LogP contribution is 2.47. The summed E-state index contributed by atoms with van der Waals surface area (Å²) in [5.41, 5.74) is 2.38. The number of thiophene rings is 1. The van der Waals surface area contributed by atoms with Gasteiger partial charge in [-0.2, -0.15) is 5.26 Å². The minimum Gasteiger partial charge on any atom is -0.462 e. The number of amides is 1. The van der Waals surface area contributed by atoms with Crippen molar-refractivity contribution in [1.82, 2.24) is 10.2 Å². The van der Waals surface area contributed by atoms with Gasteiger partial charge in [-0.05, 0) is 50.1 Å². The van der Waals surface area contributed by atoms with Gasteiger partial charge in [0.25, 0.3) is 0 Å². The Morgan fingerprint density at radius 1 is 1.31 bits per heavy atom. The predicted octanol–water partition coefficient (Wildman–Crippen LogP) is 6.19. The number of carbonyl (C=O) groups excluding carboxylic acids is 1. The van der Waals surface area contributed by atoms with Crippen molar-refractivity contribution < 1.29 is 9.21 Å². The second kappa shape index (κ2) is 9.06. The van der Waals surface area contributed by atoms with Crippen molar-refractivity contribution >= 4 is 57.5 Å². The summed E-state index contributed by atoms with van der Waals surface area (Å²) in [7, 11) is 0. The van der Waals surface area contributed by atoms with E-state index in [0.29, 0.717) is 10.6 Å². The zero-order valence-corrected chi connectivity index (χ0v) is 20.6. The van der Waals surface area contributed by atoms with Gasteiger partial charge in [0, 0.05) is 15.9 Å². The van der Waals surface area contributed by atoms with Crippen LogP contribution in [-0.4, -0.2) is 21.9 Å². The number of furan rings is 1. The van der Waals surface area contributed by atoms with Gasteiger partial charge in [-0.15, -0.1) is 21.5 Å². The van der Waals surface area contributed by atoms with Crippen molar-refractivity contribution in [3.05, 3.63) is 56.3 Å². The van der Waals surface area contributed by atoms with E-state index in [0.717, 1.165) is 43.3 Å². The van der Waals surface area contributed by atoms with E-state index in [4.69, 9.17) is 4.42 Å². The Labute approximate surface area is 199 Å². The third kappa shape index (κ3) is 4.88. The molecule has 0 aromatic carbocycles. The highest BCUT2D eigenvalue weighted by atomic mass is 32.2. The van der Waals surface area contributed by atoms with E-state index in [-0.39, 0.29) is 17.1 Å². The van der Waals surface area contributed by atoms with Crippen LogP contribution in [0.1, 0.15) is 52.8 Å². The van der Waals surface area contributed by atoms with E-state index in [9.17, 15) is 10.1 Å². The van der Waals surface area contributed by atoms with Crippen molar-refractivity contribution in [2.24, 2.45) is 0 Å². The third-order valence-corrected chi connectivity index (χ3v) is 8.42. The lowest BCUT2D eigenvalue weighted by Crippen LogP contribution is -2.20. The molecule has 0 saturated heterocycles. The van der Waals surface area contributed by atoms with Gasteiger partial charge >= 0.3 is 0 Å². The van der Waals surface area contributed by atoms with Gasteiger partial charge < -0.3 is 9.73 Å². The lowest BCUT2D eigenvalue weighted by molar-refractivity contribution is -0.113. The number of hydrogen-bond acceptors (Lipinski definition) is 8. The summed E-state index contributed by atoms with van der Waals surface area (Å²) in [5, 5.41) is 22.3. The Balaban J connectivity index is 1.56. The van der Waals surface area contributed by atoms with Crippen molar-refractivity contribution in [2.75, 3.05) is 11.1 Å². The smallest absolute Gasteiger partial charge is 0.235 e. The molecule has 0 atom stereocenters. The maximum Gasteiger partial charge on any atom is 0.235 e. The maximum absolute atomic E-state index is 12.5. The van der Waals surface area contributed by atoms with Gasteiger partial charge in [-0.25, -0.2) is 0 Å². The van der Waals surface area contributed by atoms with Gasteiger partial charge in [-0.1, -0.05) is 43.0 Å². The molecule has 1 aliphatic carbocycles. The van der Waals surface area contributed by atoms with Crippen molar-refractivity contribution in [2.45, 2.75) is 43.9 Å². The molecule has 0 fully saturated rings. The number of nitrogens with one attached hydrogen (secondary N) is 1. The first-order chi connectivity index (χ1) is 15.2. The van der Waals surface area contributed by atoms with Crippen LogP contribution in [-0.2, 0) is 10.2 Å². The van der Waals surface area contributed by atoms with Gasteiger partial charge in [0.1, 0.15) is 27.6 Å². The Bertz CT molecular complexity index is 1270. The number of hydrogen-bond donors (Lipinski definition) is 1. The zero-order chi connectivity index (χ0) is 22.9. The van der Waals surface area contributed by atoms with Crippen LogP contribution in [0, 0.1) is 25.2 Å². The summed E-state index contributed by atoms with van der Waals surface area (Å²) in [6.45, 7) is 8.13. The highest BCUT2D eigenvalue weighted by molar-refractivity contribution is 8.01. The standard InChI is InChI=1S/C23H22N4O2S3/c1-13-5-7-16(29-13)8-6-15-9-17-18(11-24)21(32-20(17)23(3,4)10-15)25-19(28)12-30-22-27-26-14(2)31-22/h5-9H,10,12H2,1-4H3,(H,25,28)/b8-6+. The summed E-state index contributed by atoms with van der Waals surface area (Å²) in [6, 6.07) is 6.17. The lowest BCUT2D eigenvalue weighted by atomic mass is 9.77. The Morgan fingerprint density at radius 2 is 2.12 bits per heavy atom. The molecule has 0 unspecified atom stereocenters. The van der Waals surface area contributed by atoms with Crippen LogP contribution in [0.15, 0.2) is 32.5 Å². The number of thioether (sulfide) groups is 1. The van der Waals surface area contributed by atoms with E-state index >= 15 is 0 Å². The molecule has 3 aromatic rings. The molecule has 9 heteroatoms. The summed E-state index contributed by atoms with van der Waals surface area (Å²) in [4.78, 5) is 13.7. The Kier molecular flexibility index (Phi) is 6.38. The van der Waals surface area contributed by atoms with Gasteiger partial charge in [0.05, 0.1) is 11.3 Å². The molecule has 164 valence electrons. The normalized spacial score (nSPS) is 14.8. The van der Waals surface area contributed by atoms with Gasteiger partial charge in [0.15, 0.2) is 4.34 Å². The van der Waals surface area contributed by atoms with Crippen LogP contribution in [0.2, 0.25) is 0 Å². The highest BCUT2D eigenvalue weighted by Gasteiger charge is 2.33. The molecule has 4 rings (SSSR count). The first-order valence-electron chi connectivity index (χ1n) is 10.0. The minimum absolute atomic E-state index is 0.152. The molecule has 0 bridgehead atoms. The number of allylic oxidation sites excluding steroid dienone is 2. The predicted molar refractivity (Wildman–Crippen MR) is 131 cm³/mol. The monoisotopic (exact) mass is 482 g/mol. The molecule has 0 spiro atoms. The van der Waals surface area contributed by atoms with Crippen molar-refractivity contribution in [3.63, 3.8) is 0 Å². The molecule has 3 heterocycles. The number of rotatable bonds is 6. The van der Waals surface area contributed by atoms with E-state index < -0.39 is 0 Å². The Hall–Kier alpha value is -2.67. The fourth-order valence-electron chi connectivity index (χ4n) is 3.58. The summed E-state index contributed by atoms with van der Waals surface area (Å²) in [5.74, 6) is 1.73. The maximum atomic E-state index is 12.5. The topological polar surface area (TPSA) is 91.8 Å². The third-order valence-electron chi connectivity index (χ3n) is 4.96. The number of aryl methyl sites for hydroxylation is 2. The minimum atomic E-state index is -0.159. The molecular weight excluding hydrogens is 460 g/mol. The number of aromatic nitrogens is 2. The number of nitrogens with zero attached hydrogens (tertiary/aromatic N) is 3. The molecule has 0 aliphatic heterocycles. The zero-order valence-electron chi connectivity index (χ0n) is 18.2. The van der Waals surface area contributed by atoms with Crippen LogP contribution < -0.4 is 5.32 Å². The van der Waals surface area contributed by atoms with E-state index in [2.05, 4.69) is 41.5 Å². The molecular formula is C23H22N4O2S3. The lowest BCUT2D eigenvalue weighted by Gasteiger charge is -2.29. The van der Waals surface area contributed by atoms with E-state index in [1.807, 2.05) is 38.1 Å². The summed E-state index contributed by atoms with van der Waals surface area (Å²) >= 11 is 4.30. The second-order valence-corrected chi connectivity index (χ2v) is 11.6. The van der Waals surface area contributed by atoms with E-state index in [1.54, 1.807) is 0 Å². The quantitative estimate of drug-likeness (QED) is 0.421. The van der Waals surface area contributed by atoms with Gasteiger partial charge in [-0.3, -0.25) is 4.79 Å². The van der Waals surface area contributed by atoms with Gasteiger partial charge in [0.2, 0.25) is 5.91 Å². The second-order valence-electron chi connectivity index (χ2n) is 8.15. The number of anilines is 1. The average molecular weight is 483 g/mol. The summed E-state index contributed by atoms with van der Waals surface area (Å²) in [6.07, 6.45) is 6.88. The largest absolute Gasteiger partial charge is 0.462 e. The Morgan fingerprint density at radius 3 is 2.78 bits per heavy atom. The van der Waals surface area contributed by atoms with Crippen LogP contribution in [0.25, 0.3) is 12.2 Å². The number of fused-ring (bicyclic) bond motifs is 1. The van der Waals surface area contributed by atoms with Crippen LogP contribution >= 0.6 is 34.4 Å². The molecule has 1 aliphatic rings. The SMILES string of the molecule is Cc1ccc(/C=C/C2=Cc3c(sc(NC(=O)CSc4nnc(C)s4)c3C#N)C(C)(C)C2)o1. The van der Waals surface area contributed by atoms with Crippen LogP contribution in [0.5, 0.6) is 0 Å². The van der Waals surface area contributed by atoms with Crippen molar-refractivity contribution in [3.8, 4) is 6.07 Å². The molecule has 32 heavy (non-hydrogen) atoms. The molecule has 6 nitrogen and oxygen atoms in total. The molecule has 0 radical (unpaired) electrons. The molecule has 1 amide bonds. The molecule has 1 N–H and O–H groups in total. The van der Waals surface area contributed by atoms with E-state index in [1.165, 1.54) is 34.4 Å². The first-order valence-corrected chi connectivity index (χ1v) is 12.6. The average Bonchev–Trinajstić information content (AvgIpc) is 3.43. The van der Waals surface area contributed by atoms with Crippen LogP contribution in [0.3, 0.4) is 0 Å². The molecule has 3 aromatic heterocycles. The molecule has 0 saturated carbocycles. The van der Waals surface area contributed by atoms with Crippen LogP contribution in [0.4, 0.5) is 5.00 Å². The number of carbonyl (C=O) groups is 1. The first kappa shape index (κ1) is 22.5. The number of nitriles is 1. The fourth-order valence-corrected chi connectivity index (χ4v) is 6.44. The fraction of sp³-hybridized carbons (Fsp3) is 0.304. The summed E-state index contributed by atoms with van der Waals surface area (Å²) < 4.78 is 6.38.